The highest BCUT2D eigenvalue weighted by Crippen LogP contribution is 2.99. The molecule has 1 nitrogen and oxygen atoms in total. The van der Waals surface area contributed by atoms with Crippen LogP contribution in [0.1, 0.15) is 0 Å². The lowest BCUT2D eigenvalue weighted by Crippen LogP contribution is -1.39. The van der Waals surface area contributed by atoms with Gasteiger partial charge in [0, 0.05) is 15.0 Å². The summed E-state index contributed by atoms with van der Waals surface area (Å²) in [5, 5.41) is 0. The summed E-state index contributed by atoms with van der Waals surface area (Å²) in [6.45, 7) is -0.105. The largest absolute Gasteiger partial charge is 0.230 e. The third-order valence-electron chi connectivity index (χ3n) is 0.636. The highest BCUT2D eigenvalue weighted by molar-refractivity contribution is 8.97. The Morgan fingerprint density at radius 2 is 1.25 bits per heavy atom. The topological polar surface area (TPSA) is 12.4 Å². The second kappa shape index (κ2) is 9.43. The summed E-state index contributed by atoms with van der Waals surface area (Å²) in [6.07, 6.45) is 0. The average Bonchev–Trinajstić information content (AvgIpc) is 1.84. The molecule has 0 rings (SSSR count). The van der Waals surface area contributed by atoms with Gasteiger partial charge in [-0.05, 0) is 14.0 Å². The fraction of sp³-hybridized carbons (Fsp3) is 0. The maximum Gasteiger partial charge on any atom is 0.0845 e. The van der Waals surface area contributed by atoms with Gasteiger partial charge in [0.2, 0.25) is 0 Å². The molecule has 0 aromatic carbocycles. The van der Waals surface area contributed by atoms with Gasteiger partial charge in [-0.25, -0.2) is 4.52 Å². The summed E-state index contributed by atoms with van der Waals surface area (Å²) in [5.41, 5.74) is 0. The summed E-state index contributed by atoms with van der Waals surface area (Å²) in [7, 11) is 18.3. The fourth-order valence-corrected chi connectivity index (χ4v) is 43.1. The van der Waals surface area contributed by atoms with Crippen molar-refractivity contribution < 1.29 is 0 Å². The van der Waals surface area contributed by atoms with Gasteiger partial charge < -0.3 is 0 Å². The third-order valence-corrected chi connectivity index (χ3v) is 28.3. The van der Waals surface area contributed by atoms with Gasteiger partial charge in [0.15, 0.2) is 0 Å². The Bertz CT molecular complexity index is 126. The minimum absolute atomic E-state index is 0.0305. The van der Waals surface area contributed by atoms with E-state index >= 15 is 0 Å². The molecule has 0 amide bonds. The zero-order valence-electron chi connectivity index (χ0n) is 6.15. The molecule has 0 saturated heterocycles. The first-order chi connectivity index (χ1) is 5.45. The van der Waals surface area contributed by atoms with Crippen molar-refractivity contribution in [2.24, 2.45) is 4.52 Å². The number of hydrogen-bond donors (Lipinski definition) is 0. The van der Waals surface area contributed by atoms with E-state index in [1.54, 1.807) is 0 Å². The van der Waals surface area contributed by atoms with Crippen molar-refractivity contribution in [3.63, 3.8) is 0 Å². The molecule has 12 heavy (non-hydrogen) atoms. The van der Waals surface area contributed by atoms with E-state index in [9.17, 15) is 0 Å². The summed E-state index contributed by atoms with van der Waals surface area (Å²) in [5.74, 6) is 0. The smallest absolute Gasteiger partial charge is 0.0845 e. The Morgan fingerprint density at radius 3 is 1.50 bits per heavy atom. The van der Waals surface area contributed by atoms with Crippen LogP contribution in [0.25, 0.3) is 0 Å². The molecule has 0 spiro atoms. The molecule has 12 heteroatoms. The highest BCUT2D eigenvalue weighted by atomic mass is 33.0. The molecular formula is H12NP11. The average molecular weight is 367 g/mol. The molecule has 0 radical (unpaired) electrons. The van der Waals surface area contributed by atoms with Crippen molar-refractivity contribution in [3.8, 4) is 0 Å². The standard InChI is InChI=1S/H12NP11/c2-10(3)8-1-9(11(4)5)12(6)7/h2-7H2. The van der Waals surface area contributed by atoms with Crippen LogP contribution in [0, 0.1) is 0 Å². The quantitative estimate of drug-likeness (QED) is 0.507. The Morgan fingerprint density at radius 1 is 0.833 bits per heavy atom. The highest BCUT2D eigenvalue weighted by Gasteiger charge is 2.16. The molecule has 0 aliphatic heterocycles. The molecule has 72 valence electrons. The van der Waals surface area contributed by atoms with Crippen LogP contribution in [-0.2, 0) is 0 Å². The monoisotopic (exact) mass is 367 g/mol. The van der Waals surface area contributed by atoms with Crippen molar-refractivity contribution in [2.45, 2.75) is 0 Å². The first kappa shape index (κ1) is 16.4. The van der Waals surface area contributed by atoms with Gasteiger partial charge in [-0.2, -0.15) is 0 Å². The van der Waals surface area contributed by atoms with E-state index in [4.69, 9.17) is 4.52 Å². The molecule has 6 unspecified atom stereocenters. The number of hydrogen-bond acceptors (Lipinski definition) is 1. The molecule has 0 heterocycles. The minimum atomic E-state index is -0.127. The molecule has 0 aromatic rings. The summed E-state index contributed by atoms with van der Waals surface area (Å²) >= 11 is 0. The van der Waals surface area contributed by atoms with Crippen molar-refractivity contribution in [1.82, 2.24) is 0 Å². The van der Waals surface area contributed by atoms with Gasteiger partial charge in [0.1, 0.15) is 0 Å². The molecule has 0 aliphatic rings. The van der Waals surface area contributed by atoms with Gasteiger partial charge in [-0.3, -0.25) is 0 Å². The zero-order chi connectivity index (χ0) is 9.72. The van der Waals surface area contributed by atoms with E-state index in [0.717, 1.165) is 0 Å². The predicted octanol–water partition coefficient (Wildman–Crippen LogP) is 6.44. The van der Waals surface area contributed by atoms with Crippen LogP contribution in [0.5, 0.6) is 0 Å². The molecule has 0 bridgehead atoms. The Labute approximate surface area is 94.3 Å². The Kier molecular flexibility index (Phi) is 12.9. The maximum atomic E-state index is 4.72. The second-order valence-electron chi connectivity index (χ2n) is 1.59. The van der Waals surface area contributed by atoms with Crippen LogP contribution in [0.2, 0.25) is 0 Å². The van der Waals surface area contributed by atoms with Crippen LogP contribution in [-0.4, -0.2) is 0 Å². The number of nitrogens with zero attached hydrogens (tertiary/aromatic N) is 1. The third kappa shape index (κ3) is 8.54. The summed E-state index contributed by atoms with van der Waals surface area (Å²) in [4.78, 5) is 0. The van der Waals surface area contributed by atoms with Crippen molar-refractivity contribution in [1.29, 1.82) is 0 Å². The lowest BCUT2D eigenvalue weighted by molar-refractivity contribution is 2.09. The Balaban J connectivity index is 4.14. The minimum Gasteiger partial charge on any atom is -0.230 e. The van der Waals surface area contributed by atoms with E-state index < -0.39 is 0 Å². The first-order valence-corrected chi connectivity index (χ1v) is 20.5. The van der Waals surface area contributed by atoms with Gasteiger partial charge in [0.05, 0.1) is 7.45 Å². The molecular weight excluding hydrogens is 355 g/mol. The van der Waals surface area contributed by atoms with Gasteiger partial charge in [0.25, 0.3) is 0 Å². The Hall–Kier alpha value is 4.40. The van der Waals surface area contributed by atoms with Crippen LogP contribution < -0.4 is 0 Å². The van der Waals surface area contributed by atoms with E-state index in [1.807, 2.05) is 0 Å². The molecule has 0 N–H and O–H groups in total. The van der Waals surface area contributed by atoms with E-state index in [-0.39, 0.29) is 28.4 Å². The van der Waals surface area contributed by atoms with Crippen LogP contribution >= 0.6 is 90.0 Å². The summed E-state index contributed by atoms with van der Waals surface area (Å²) in [6, 6.07) is 0. The maximum absolute atomic E-state index is 4.72. The SMILES string of the molecule is PP(P)/P=N/P(P(P)P)P(P)P. The van der Waals surface area contributed by atoms with Gasteiger partial charge in [-0.1, -0.05) is 17.9 Å². The van der Waals surface area contributed by atoms with Crippen LogP contribution in [0.4, 0.5) is 0 Å². The lowest BCUT2D eigenvalue weighted by Gasteiger charge is -2.19. The molecule has 0 aliphatic carbocycles. The lowest BCUT2D eigenvalue weighted by atomic mass is 13.9. The fourth-order valence-electron chi connectivity index (χ4n) is 0.294. The molecule has 6 atom stereocenters. The molecule has 0 fully saturated rings. The van der Waals surface area contributed by atoms with Gasteiger partial charge >= 0.3 is 0 Å². The van der Waals surface area contributed by atoms with Crippen molar-refractivity contribution in [3.05, 3.63) is 0 Å². The van der Waals surface area contributed by atoms with E-state index in [1.165, 1.54) is 8.06 Å². The van der Waals surface area contributed by atoms with E-state index in [2.05, 4.69) is 53.6 Å². The molecule has 0 saturated carbocycles. The number of rotatable bonds is 4. The summed E-state index contributed by atoms with van der Waals surface area (Å²) < 4.78 is 4.72. The van der Waals surface area contributed by atoms with Crippen molar-refractivity contribution >= 4 is 90.0 Å². The zero-order valence-corrected chi connectivity index (χ0v) is 17.5. The predicted molar refractivity (Wildman–Crippen MR) is 95.3 cm³/mol. The van der Waals surface area contributed by atoms with E-state index in [0.29, 0.717) is 0 Å². The normalized spacial score (nSPS) is 13.2. The van der Waals surface area contributed by atoms with Crippen molar-refractivity contribution in [2.75, 3.05) is 0 Å². The second-order valence-corrected chi connectivity index (χ2v) is 36.4. The first-order valence-electron chi connectivity index (χ1n) is 2.55. The van der Waals surface area contributed by atoms with Crippen LogP contribution in [0.3, 0.4) is 0 Å². The molecule has 0 aromatic heterocycles. The van der Waals surface area contributed by atoms with Gasteiger partial charge in [-0.15, -0.1) is 35.7 Å². The van der Waals surface area contributed by atoms with Crippen LogP contribution in [0.15, 0.2) is 4.52 Å².